The van der Waals surface area contributed by atoms with Gasteiger partial charge >= 0.3 is 0 Å². The van der Waals surface area contributed by atoms with E-state index in [0.29, 0.717) is 12.5 Å². The minimum atomic E-state index is 0.608. The van der Waals surface area contributed by atoms with Crippen LogP contribution in [0.1, 0.15) is 11.1 Å². The molecular formula is C22H29N5O2S. The number of pyridine rings is 1. The van der Waals surface area contributed by atoms with Gasteiger partial charge in [0.1, 0.15) is 12.4 Å². The lowest BCUT2D eigenvalue weighted by Crippen LogP contribution is -2.38. The van der Waals surface area contributed by atoms with Crippen molar-refractivity contribution in [2.24, 2.45) is 5.10 Å². The van der Waals surface area contributed by atoms with Crippen LogP contribution in [0.2, 0.25) is 0 Å². The van der Waals surface area contributed by atoms with Gasteiger partial charge in [-0.2, -0.15) is 10.1 Å². The summed E-state index contributed by atoms with van der Waals surface area (Å²) in [4.78, 5) is 9.36. The summed E-state index contributed by atoms with van der Waals surface area (Å²) >= 11 is 1.92. The Hall–Kier alpha value is -2.29. The summed E-state index contributed by atoms with van der Waals surface area (Å²) in [6.45, 7) is 8.08. The van der Waals surface area contributed by atoms with Crippen LogP contribution in [0.4, 0.5) is 11.5 Å². The average Bonchev–Trinajstić information content (AvgIpc) is 3.30. The highest BCUT2D eigenvalue weighted by Gasteiger charge is 2.16. The Morgan fingerprint density at radius 1 is 1.23 bits per heavy atom. The molecule has 2 aliphatic heterocycles. The molecule has 0 aliphatic carbocycles. The minimum Gasteiger partial charge on any atom is -0.476 e. The molecule has 1 aromatic carbocycles. The monoisotopic (exact) mass is 427 g/mol. The normalized spacial score (nSPS) is 17.6. The zero-order valence-electron chi connectivity index (χ0n) is 17.4. The van der Waals surface area contributed by atoms with E-state index in [9.17, 15) is 0 Å². The third-order valence-electron chi connectivity index (χ3n) is 5.08. The van der Waals surface area contributed by atoms with Crippen molar-refractivity contribution in [3.63, 3.8) is 0 Å². The van der Waals surface area contributed by atoms with Crippen molar-refractivity contribution in [2.75, 3.05) is 68.0 Å². The standard InChI is InChI=1S/C22H29N5O2S/c1-18-3-2-4-19(13-18)16-23-25-20-14-21(27-8-12-30-17-27)24-22(15-20)29-11-7-26-5-9-28-10-6-26/h2-4,13-16H,5-12,17H2,1H3,(H,24,25). The highest BCUT2D eigenvalue weighted by Crippen LogP contribution is 2.27. The van der Waals surface area contributed by atoms with Crippen LogP contribution < -0.4 is 15.1 Å². The van der Waals surface area contributed by atoms with Gasteiger partial charge in [0, 0.05) is 44.1 Å². The Labute approximate surface area is 182 Å². The van der Waals surface area contributed by atoms with Crippen molar-refractivity contribution >= 4 is 29.5 Å². The van der Waals surface area contributed by atoms with Gasteiger partial charge in [-0.25, -0.2) is 0 Å². The number of rotatable bonds is 8. The number of hydrogen-bond donors (Lipinski definition) is 1. The number of aryl methyl sites for hydroxylation is 1. The molecule has 0 bridgehead atoms. The molecule has 1 N–H and O–H groups in total. The van der Waals surface area contributed by atoms with Gasteiger partial charge in [-0.1, -0.05) is 29.8 Å². The van der Waals surface area contributed by atoms with Crippen LogP contribution in [0.3, 0.4) is 0 Å². The van der Waals surface area contributed by atoms with E-state index in [1.54, 1.807) is 0 Å². The van der Waals surface area contributed by atoms with Crippen molar-refractivity contribution in [3.05, 3.63) is 47.5 Å². The van der Waals surface area contributed by atoms with E-state index in [-0.39, 0.29) is 0 Å². The number of anilines is 2. The molecule has 3 heterocycles. The van der Waals surface area contributed by atoms with Gasteiger partial charge in [0.15, 0.2) is 0 Å². The molecule has 7 nitrogen and oxygen atoms in total. The maximum Gasteiger partial charge on any atom is 0.217 e. The number of aromatic nitrogens is 1. The van der Waals surface area contributed by atoms with E-state index in [1.807, 2.05) is 42.2 Å². The number of morpholine rings is 1. The number of hydrogen-bond acceptors (Lipinski definition) is 8. The molecule has 0 amide bonds. The molecule has 30 heavy (non-hydrogen) atoms. The van der Waals surface area contributed by atoms with Gasteiger partial charge in [-0.15, -0.1) is 11.8 Å². The third-order valence-corrected chi connectivity index (χ3v) is 6.04. The van der Waals surface area contributed by atoms with Gasteiger partial charge in [0.25, 0.3) is 0 Å². The van der Waals surface area contributed by atoms with Crippen molar-refractivity contribution in [1.82, 2.24) is 9.88 Å². The molecule has 4 rings (SSSR count). The predicted octanol–water partition coefficient (Wildman–Crippen LogP) is 3.06. The molecule has 160 valence electrons. The molecule has 2 aliphatic rings. The second-order valence-corrected chi connectivity index (χ2v) is 8.51. The van der Waals surface area contributed by atoms with Crippen LogP contribution in [-0.4, -0.2) is 73.7 Å². The summed E-state index contributed by atoms with van der Waals surface area (Å²) in [5.41, 5.74) is 6.30. The van der Waals surface area contributed by atoms with E-state index in [2.05, 4.69) is 39.4 Å². The Morgan fingerprint density at radius 3 is 2.93 bits per heavy atom. The molecule has 2 aromatic rings. The summed E-state index contributed by atoms with van der Waals surface area (Å²) in [6.07, 6.45) is 1.83. The lowest BCUT2D eigenvalue weighted by atomic mass is 10.2. The van der Waals surface area contributed by atoms with E-state index < -0.39 is 0 Å². The number of benzene rings is 1. The Kier molecular flexibility index (Phi) is 7.44. The Balaban J connectivity index is 1.41. The summed E-state index contributed by atoms with van der Waals surface area (Å²) in [5, 5.41) is 4.41. The first kappa shape index (κ1) is 21.0. The van der Waals surface area contributed by atoms with Crippen molar-refractivity contribution < 1.29 is 9.47 Å². The molecular weight excluding hydrogens is 398 g/mol. The second kappa shape index (κ2) is 10.7. The number of nitrogens with one attached hydrogen (secondary N) is 1. The van der Waals surface area contributed by atoms with Crippen LogP contribution in [0, 0.1) is 6.92 Å². The summed E-state index contributed by atoms with van der Waals surface area (Å²) in [6, 6.07) is 12.2. The van der Waals surface area contributed by atoms with Gasteiger partial charge in [0.2, 0.25) is 5.88 Å². The fourth-order valence-corrected chi connectivity index (χ4v) is 4.38. The maximum absolute atomic E-state index is 6.01. The number of thioether (sulfide) groups is 1. The molecule has 0 unspecified atom stereocenters. The van der Waals surface area contributed by atoms with Gasteiger partial charge < -0.3 is 14.4 Å². The first-order valence-corrected chi connectivity index (χ1v) is 11.6. The van der Waals surface area contributed by atoms with Crippen LogP contribution in [0.25, 0.3) is 0 Å². The molecule has 0 radical (unpaired) electrons. The first-order chi connectivity index (χ1) is 14.8. The first-order valence-electron chi connectivity index (χ1n) is 10.4. The average molecular weight is 428 g/mol. The van der Waals surface area contributed by atoms with Crippen molar-refractivity contribution in [1.29, 1.82) is 0 Å². The van der Waals surface area contributed by atoms with Gasteiger partial charge in [-0.3, -0.25) is 10.3 Å². The van der Waals surface area contributed by atoms with Crippen LogP contribution in [-0.2, 0) is 4.74 Å². The third kappa shape index (κ3) is 6.10. The lowest BCUT2D eigenvalue weighted by molar-refractivity contribution is 0.0320. The van der Waals surface area contributed by atoms with Gasteiger partial charge in [-0.05, 0) is 12.5 Å². The zero-order chi connectivity index (χ0) is 20.6. The Morgan fingerprint density at radius 2 is 2.13 bits per heavy atom. The predicted molar refractivity (Wildman–Crippen MR) is 124 cm³/mol. The van der Waals surface area contributed by atoms with Crippen LogP contribution in [0.5, 0.6) is 5.88 Å². The summed E-state index contributed by atoms with van der Waals surface area (Å²) in [7, 11) is 0. The topological polar surface area (TPSA) is 62.2 Å². The van der Waals surface area contributed by atoms with Crippen molar-refractivity contribution in [3.8, 4) is 5.88 Å². The fourth-order valence-electron chi connectivity index (χ4n) is 3.42. The number of hydrazone groups is 1. The molecule has 8 heteroatoms. The maximum atomic E-state index is 6.01. The fraction of sp³-hybridized carbons (Fsp3) is 0.455. The second-order valence-electron chi connectivity index (χ2n) is 7.44. The highest BCUT2D eigenvalue weighted by molar-refractivity contribution is 7.99. The van der Waals surface area contributed by atoms with E-state index in [4.69, 9.17) is 14.5 Å². The molecule has 2 saturated heterocycles. The minimum absolute atomic E-state index is 0.608. The summed E-state index contributed by atoms with van der Waals surface area (Å²) < 4.78 is 11.4. The van der Waals surface area contributed by atoms with Crippen LogP contribution >= 0.6 is 11.8 Å². The molecule has 0 spiro atoms. The highest BCUT2D eigenvalue weighted by atomic mass is 32.2. The van der Waals surface area contributed by atoms with Crippen molar-refractivity contribution in [2.45, 2.75) is 6.92 Å². The van der Waals surface area contributed by atoms with Crippen LogP contribution in [0.15, 0.2) is 41.5 Å². The smallest absolute Gasteiger partial charge is 0.217 e. The van der Waals surface area contributed by atoms with E-state index >= 15 is 0 Å². The number of ether oxygens (including phenoxy) is 2. The lowest BCUT2D eigenvalue weighted by Gasteiger charge is -2.26. The molecule has 0 atom stereocenters. The largest absolute Gasteiger partial charge is 0.476 e. The molecule has 2 fully saturated rings. The molecule has 0 saturated carbocycles. The van der Waals surface area contributed by atoms with E-state index in [0.717, 1.165) is 68.1 Å². The summed E-state index contributed by atoms with van der Waals surface area (Å²) in [5.74, 6) is 3.64. The SMILES string of the molecule is Cc1cccc(C=NNc2cc(OCCN3CCOCC3)nc(N3CCSC3)c2)c1. The zero-order valence-corrected chi connectivity index (χ0v) is 18.2. The van der Waals surface area contributed by atoms with Gasteiger partial charge in [0.05, 0.1) is 31.0 Å². The number of nitrogens with zero attached hydrogens (tertiary/aromatic N) is 4. The quantitative estimate of drug-likeness (QED) is 0.513. The molecule has 1 aromatic heterocycles. The van der Waals surface area contributed by atoms with E-state index in [1.165, 1.54) is 5.56 Å². The Bertz CT molecular complexity index is 851.